The van der Waals surface area contributed by atoms with Crippen molar-refractivity contribution in [3.05, 3.63) is 33.8 Å². The molecule has 0 heterocycles. The molecule has 1 rings (SSSR count). The van der Waals surface area contributed by atoms with Crippen molar-refractivity contribution in [3.8, 4) is 0 Å². The van der Waals surface area contributed by atoms with Crippen molar-refractivity contribution < 1.29 is 18.0 Å². The average Bonchev–Trinajstić information content (AvgIpc) is 2.35. The van der Waals surface area contributed by atoms with E-state index in [1.165, 1.54) is 12.1 Å². The highest BCUT2D eigenvalue weighted by molar-refractivity contribution is 9.10. The van der Waals surface area contributed by atoms with Crippen LogP contribution in [0.3, 0.4) is 0 Å². The minimum Gasteiger partial charge on any atom is -0.351 e. The molecule has 0 aliphatic rings. The van der Waals surface area contributed by atoms with E-state index in [1.54, 1.807) is 0 Å². The molecule has 1 N–H and O–H groups in total. The molecule has 0 fully saturated rings. The maximum Gasteiger partial charge on any atom is 0.417 e. The van der Waals surface area contributed by atoms with Crippen LogP contribution in [0.1, 0.15) is 35.7 Å². The van der Waals surface area contributed by atoms with Gasteiger partial charge in [-0.15, -0.1) is 11.6 Å². The molecule has 0 aliphatic carbocycles. The topological polar surface area (TPSA) is 29.1 Å². The summed E-state index contributed by atoms with van der Waals surface area (Å²) < 4.78 is 38.1. The highest BCUT2D eigenvalue weighted by Gasteiger charge is 2.33. The van der Waals surface area contributed by atoms with Crippen molar-refractivity contribution in [2.75, 3.05) is 6.54 Å². The minimum absolute atomic E-state index is 0.0408. The Morgan fingerprint density at radius 2 is 2.10 bits per heavy atom. The van der Waals surface area contributed by atoms with E-state index < -0.39 is 17.6 Å². The first-order valence-electron chi connectivity index (χ1n) is 6.04. The lowest BCUT2D eigenvalue weighted by atomic mass is 10.1. The molecule has 0 bridgehead atoms. The number of hydrogen-bond donors (Lipinski definition) is 1. The van der Waals surface area contributed by atoms with E-state index in [4.69, 9.17) is 11.6 Å². The molecule has 0 saturated heterocycles. The standard InChI is InChI=1S/C13H14BrClF3NO/c1-2-3-9(15)7-19-12(20)8-4-5-11(14)10(6-8)13(16,17)18/h4-6,9H,2-3,7H2,1H3,(H,19,20). The largest absolute Gasteiger partial charge is 0.417 e. The molecule has 0 radical (unpaired) electrons. The van der Waals surface area contributed by atoms with Gasteiger partial charge in [-0.05, 0) is 24.6 Å². The lowest BCUT2D eigenvalue weighted by molar-refractivity contribution is -0.138. The van der Waals surface area contributed by atoms with Crippen LogP contribution in [-0.2, 0) is 6.18 Å². The number of carbonyl (C=O) groups is 1. The van der Waals surface area contributed by atoms with Crippen molar-refractivity contribution in [1.82, 2.24) is 5.32 Å². The van der Waals surface area contributed by atoms with Gasteiger partial charge >= 0.3 is 6.18 Å². The van der Waals surface area contributed by atoms with Crippen molar-refractivity contribution in [2.45, 2.75) is 31.3 Å². The molecule has 0 aliphatic heterocycles. The molecule has 20 heavy (non-hydrogen) atoms. The first-order chi connectivity index (χ1) is 9.25. The van der Waals surface area contributed by atoms with Crippen molar-refractivity contribution >= 4 is 33.4 Å². The van der Waals surface area contributed by atoms with Gasteiger partial charge in [-0.2, -0.15) is 13.2 Å². The van der Waals surface area contributed by atoms with Gasteiger partial charge in [-0.25, -0.2) is 0 Å². The normalized spacial score (nSPS) is 13.1. The number of amides is 1. The minimum atomic E-state index is -4.51. The predicted octanol–water partition coefficient (Wildman–Crippen LogP) is 4.61. The third-order valence-corrected chi connectivity index (χ3v) is 3.68. The van der Waals surface area contributed by atoms with Gasteiger partial charge in [0, 0.05) is 16.6 Å². The van der Waals surface area contributed by atoms with Gasteiger partial charge < -0.3 is 5.32 Å². The van der Waals surface area contributed by atoms with E-state index in [0.29, 0.717) is 0 Å². The second-order valence-electron chi connectivity index (χ2n) is 4.29. The monoisotopic (exact) mass is 371 g/mol. The maximum absolute atomic E-state index is 12.7. The van der Waals surface area contributed by atoms with Gasteiger partial charge in [0.05, 0.1) is 10.9 Å². The van der Waals surface area contributed by atoms with Crippen LogP contribution in [0.15, 0.2) is 22.7 Å². The molecule has 7 heteroatoms. The van der Waals surface area contributed by atoms with Crippen LogP contribution in [-0.4, -0.2) is 17.8 Å². The molecule has 1 aromatic rings. The second-order valence-corrected chi connectivity index (χ2v) is 5.76. The number of carbonyl (C=O) groups excluding carboxylic acids is 1. The third kappa shape index (κ3) is 4.98. The van der Waals surface area contributed by atoms with Crippen LogP contribution in [0.4, 0.5) is 13.2 Å². The Balaban J connectivity index is 2.79. The van der Waals surface area contributed by atoms with E-state index in [2.05, 4.69) is 21.2 Å². The molecule has 1 aromatic carbocycles. The smallest absolute Gasteiger partial charge is 0.351 e. The SMILES string of the molecule is CCCC(Cl)CNC(=O)c1ccc(Br)c(C(F)(F)F)c1. The number of halogens is 5. The Bertz CT molecular complexity index is 479. The van der Waals surface area contributed by atoms with Crippen molar-refractivity contribution in [3.63, 3.8) is 0 Å². The first-order valence-corrected chi connectivity index (χ1v) is 7.27. The lowest BCUT2D eigenvalue weighted by Gasteiger charge is -2.12. The molecule has 1 atom stereocenters. The van der Waals surface area contributed by atoms with E-state index in [9.17, 15) is 18.0 Å². The summed E-state index contributed by atoms with van der Waals surface area (Å²) in [6.45, 7) is 2.19. The van der Waals surface area contributed by atoms with E-state index in [1.807, 2.05) is 6.92 Å². The van der Waals surface area contributed by atoms with Gasteiger partial charge in [-0.3, -0.25) is 4.79 Å². The molecular weight excluding hydrogens is 358 g/mol. The average molecular weight is 373 g/mol. The van der Waals surface area contributed by atoms with Crippen LogP contribution in [0, 0.1) is 0 Å². The second kappa shape index (κ2) is 7.31. The van der Waals surface area contributed by atoms with Crippen molar-refractivity contribution in [2.24, 2.45) is 0 Å². The van der Waals surface area contributed by atoms with Crippen LogP contribution in [0.2, 0.25) is 0 Å². The number of hydrogen-bond acceptors (Lipinski definition) is 1. The summed E-state index contributed by atoms with van der Waals surface area (Å²) in [6.07, 6.45) is -2.90. The molecule has 0 saturated carbocycles. The van der Waals surface area contributed by atoms with E-state index >= 15 is 0 Å². The summed E-state index contributed by atoms with van der Waals surface area (Å²) >= 11 is 8.76. The van der Waals surface area contributed by atoms with Crippen LogP contribution in [0.25, 0.3) is 0 Å². The highest BCUT2D eigenvalue weighted by Crippen LogP contribution is 2.35. The van der Waals surface area contributed by atoms with Gasteiger partial charge in [-0.1, -0.05) is 29.3 Å². The summed E-state index contributed by atoms with van der Waals surface area (Å²) in [4.78, 5) is 11.8. The summed E-state index contributed by atoms with van der Waals surface area (Å²) in [7, 11) is 0. The lowest BCUT2D eigenvalue weighted by Crippen LogP contribution is -2.30. The third-order valence-electron chi connectivity index (χ3n) is 2.62. The zero-order valence-corrected chi connectivity index (χ0v) is 13.1. The van der Waals surface area contributed by atoms with Crippen LogP contribution in [0.5, 0.6) is 0 Å². The molecule has 0 spiro atoms. The molecule has 0 aromatic heterocycles. The molecule has 2 nitrogen and oxygen atoms in total. The fourth-order valence-corrected chi connectivity index (χ4v) is 2.37. The van der Waals surface area contributed by atoms with Gasteiger partial charge in [0.1, 0.15) is 0 Å². The summed E-state index contributed by atoms with van der Waals surface area (Å²) in [6, 6.07) is 3.36. The zero-order chi connectivity index (χ0) is 15.3. The summed E-state index contributed by atoms with van der Waals surface area (Å²) in [5, 5.41) is 2.31. The summed E-state index contributed by atoms with van der Waals surface area (Å²) in [5.41, 5.74) is -0.915. The van der Waals surface area contributed by atoms with Crippen LogP contribution < -0.4 is 5.32 Å². The Morgan fingerprint density at radius 3 is 2.65 bits per heavy atom. The quantitative estimate of drug-likeness (QED) is 0.752. The number of benzene rings is 1. The highest BCUT2D eigenvalue weighted by atomic mass is 79.9. The fraction of sp³-hybridized carbons (Fsp3) is 0.462. The molecular formula is C13H14BrClF3NO. The maximum atomic E-state index is 12.7. The number of nitrogens with one attached hydrogen (secondary N) is 1. The van der Waals surface area contributed by atoms with Crippen LogP contribution >= 0.6 is 27.5 Å². The molecule has 112 valence electrons. The van der Waals surface area contributed by atoms with Crippen molar-refractivity contribution in [1.29, 1.82) is 0 Å². The van der Waals surface area contributed by atoms with E-state index in [-0.39, 0.29) is 22.0 Å². The fourth-order valence-electron chi connectivity index (χ4n) is 1.60. The van der Waals surface area contributed by atoms with Gasteiger partial charge in [0.2, 0.25) is 0 Å². The van der Waals surface area contributed by atoms with Gasteiger partial charge in [0.25, 0.3) is 5.91 Å². The Morgan fingerprint density at radius 1 is 1.45 bits per heavy atom. The van der Waals surface area contributed by atoms with Gasteiger partial charge in [0.15, 0.2) is 0 Å². The molecule has 1 unspecified atom stereocenters. The zero-order valence-electron chi connectivity index (χ0n) is 10.7. The number of alkyl halides is 4. The predicted molar refractivity (Wildman–Crippen MR) is 76.0 cm³/mol. The number of rotatable bonds is 5. The Labute approximate surface area is 128 Å². The van der Waals surface area contributed by atoms with E-state index in [0.717, 1.165) is 18.9 Å². The molecule has 1 amide bonds. The Kier molecular flexibility index (Phi) is 6.33. The summed E-state index contributed by atoms with van der Waals surface area (Å²) in [5.74, 6) is -0.565. The first kappa shape index (κ1) is 17.3. The Hall–Kier alpha value is -0.750.